The predicted molar refractivity (Wildman–Crippen MR) is 70.5 cm³/mol. The molecule has 1 atom stereocenters. The van der Waals surface area contributed by atoms with E-state index >= 15 is 0 Å². The van der Waals surface area contributed by atoms with Crippen LogP contribution >= 0.6 is 0 Å². The van der Waals surface area contributed by atoms with Gasteiger partial charge in [0, 0.05) is 19.2 Å². The van der Waals surface area contributed by atoms with E-state index in [9.17, 15) is 13.6 Å². The topological polar surface area (TPSA) is 55.1 Å². The Balaban J connectivity index is 2.43. The first-order valence-electron chi connectivity index (χ1n) is 6.49. The van der Waals surface area contributed by atoms with Crippen LogP contribution in [0.25, 0.3) is 0 Å². The number of carbonyl (C=O) groups is 1. The van der Waals surface area contributed by atoms with E-state index in [-0.39, 0.29) is 11.8 Å². The van der Waals surface area contributed by atoms with Crippen molar-refractivity contribution in [2.45, 2.75) is 26.2 Å². The van der Waals surface area contributed by atoms with E-state index in [1.165, 1.54) is 12.1 Å². The fourth-order valence-corrected chi connectivity index (χ4v) is 1.93. The normalized spacial score (nSPS) is 12.2. The van der Waals surface area contributed by atoms with Gasteiger partial charge < -0.3 is 11.1 Å². The van der Waals surface area contributed by atoms with Gasteiger partial charge in [0.1, 0.15) is 11.6 Å². The molecular formula is C14H20F2N2O. The van der Waals surface area contributed by atoms with Crippen LogP contribution in [0.15, 0.2) is 18.2 Å². The van der Waals surface area contributed by atoms with Crippen LogP contribution in [0.2, 0.25) is 0 Å². The molecule has 0 aromatic heterocycles. The summed E-state index contributed by atoms with van der Waals surface area (Å²) in [6.45, 7) is 2.65. The van der Waals surface area contributed by atoms with Crippen molar-refractivity contribution in [3.05, 3.63) is 35.4 Å². The monoisotopic (exact) mass is 270 g/mol. The summed E-state index contributed by atoms with van der Waals surface area (Å²) in [5.74, 6) is -1.49. The maximum absolute atomic E-state index is 13.0. The third kappa shape index (κ3) is 5.34. The Morgan fingerprint density at radius 3 is 2.47 bits per heavy atom. The molecule has 0 aliphatic rings. The minimum atomic E-state index is -0.604. The van der Waals surface area contributed by atoms with Crippen LogP contribution in [0, 0.1) is 17.6 Å². The first-order valence-corrected chi connectivity index (χ1v) is 6.49. The van der Waals surface area contributed by atoms with Crippen molar-refractivity contribution >= 4 is 5.91 Å². The van der Waals surface area contributed by atoms with Crippen LogP contribution in [0.1, 0.15) is 25.3 Å². The lowest BCUT2D eigenvalue weighted by Crippen LogP contribution is -2.36. The number of amides is 1. The molecule has 0 saturated heterocycles. The molecule has 1 rings (SSSR count). The molecule has 0 spiro atoms. The van der Waals surface area contributed by atoms with Crippen molar-refractivity contribution in [1.29, 1.82) is 0 Å². The largest absolute Gasteiger partial charge is 0.355 e. The molecular weight excluding hydrogens is 250 g/mol. The lowest BCUT2D eigenvalue weighted by atomic mass is 10.0. The smallest absolute Gasteiger partial charge is 0.224 e. The van der Waals surface area contributed by atoms with Gasteiger partial charge in [-0.25, -0.2) is 8.78 Å². The SMILES string of the molecule is CCCC(CN)C(=O)NCCc1cc(F)cc(F)c1. The summed E-state index contributed by atoms with van der Waals surface area (Å²) in [4.78, 5) is 11.7. The van der Waals surface area contributed by atoms with Crippen molar-refractivity contribution in [2.24, 2.45) is 11.7 Å². The first kappa shape index (κ1) is 15.6. The number of nitrogens with two attached hydrogens (primary N) is 1. The Morgan fingerprint density at radius 2 is 1.95 bits per heavy atom. The van der Waals surface area contributed by atoms with Gasteiger partial charge in [-0.15, -0.1) is 0 Å². The second-order valence-corrected chi connectivity index (χ2v) is 4.54. The highest BCUT2D eigenvalue weighted by molar-refractivity contribution is 5.78. The molecule has 0 aliphatic heterocycles. The summed E-state index contributed by atoms with van der Waals surface area (Å²) in [5.41, 5.74) is 6.05. The van der Waals surface area contributed by atoms with Crippen molar-refractivity contribution in [3.8, 4) is 0 Å². The first-order chi connectivity index (χ1) is 9.06. The number of rotatable bonds is 7. The van der Waals surface area contributed by atoms with Crippen LogP contribution in [-0.2, 0) is 11.2 Å². The average Bonchev–Trinajstić information content (AvgIpc) is 2.34. The van der Waals surface area contributed by atoms with E-state index in [1.807, 2.05) is 6.92 Å². The molecule has 5 heteroatoms. The lowest BCUT2D eigenvalue weighted by molar-refractivity contribution is -0.124. The van der Waals surface area contributed by atoms with Crippen molar-refractivity contribution < 1.29 is 13.6 Å². The van der Waals surface area contributed by atoms with Gasteiger partial charge in [-0.3, -0.25) is 4.79 Å². The summed E-state index contributed by atoms with van der Waals surface area (Å²) in [6, 6.07) is 3.36. The van der Waals surface area contributed by atoms with E-state index in [1.54, 1.807) is 0 Å². The summed E-state index contributed by atoms with van der Waals surface area (Å²) in [7, 11) is 0. The molecule has 1 amide bonds. The van der Waals surface area contributed by atoms with Gasteiger partial charge in [-0.1, -0.05) is 13.3 Å². The zero-order chi connectivity index (χ0) is 14.3. The van der Waals surface area contributed by atoms with Gasteiger partial charge >= 0.3 is 0 Å². The number of nitrogens with one attached hydrogen (secondary N) is 1. The zero-order valence-electron chi connectivity index (χ0n) is 11.1. The number of halogens is 2. The Labute approximate surface area is 112 Å². The zero-order valence-corrected chi connectivity index (χ0v) is 11.1. The van der Waals surface area contributed by atoms with Gasteiger partial charge in [0.05, 0.1) is 5.92 Å². The molecule has 3 nitrogen and oxygen atoms in total. The van der Waals surface area contributed by atoms with Gasteiger partial charge in [-0.05, 0) is 30.5 Å². The highest BCUT2D eigenvalue weighted by atomic mass is 19.1. The Hall–Kier alpha value is -1.49. The van der Waals surface area contributed by atoms with E-state index in [0.717, 1.165) is 18.9 Å². The Kier molecular flexibility index (Phi) is 6.42. The maximum Gasteiger partial charge on any atom is 0.224 e. The molecule has 106 valence electrons. The van der Waals surface area contributed by atoms with Crippen LogP contribution < -0.4 is 11.1 Å². The molecule has 0 saturated carbocycles. The second kappa shape index (κ2) is 7.84. The summed E-state index contributed by atoms with van der Waals surface area (Å²) in [5, 5.41) is 2.74. The van der Waals surface area contributed by atoms with Gasteiger partial charge in [0.2, 0.25) is 5.91 Å². The van der Waals surface area contributed by atoms with Crippen LogP contribution in [-0.4, -0.2) is 19.0 Å². The highest BCUT2D eigenvalue weighted by Gasteiger charge is 2.14. The van der Waals surface area contributed by atoms with E-state index in [4.69, 9.17) is 5.73 Å². The Morgan fingerprint density at radius 1 is 1.32 bits per heavy atom. The number of benzene rings is 1. The van der Waals surface area contributed by atoms with E-state index in [2.05, 4.69) is 5.32 Å². The summed E-state index contributed by atoms with van der Waals surface area (Å²) < 4.78 is 25.9. The predicted octanol–water partition coefficient (Wildman–Crippen LogP) is 2.00. The quantitative estimate of drug-likeness (QED) is 0.796. The number of hydrogen-bond acceptors (Lipinski definition) is 2. The minimum absolute atomic E-state index is 0.0961. The van der Waals surface area contributed by atoms with Crippen LogP contribution in [0.4, 0.5) is 8.78 Å². The van der Waals surface area contributed by atoms with Crippen LogP contribution in [0.3, 0.4) is 0 Å². The van der Waals surface area contributed by atoms with Crippen molar-refractivity contribution in [2.75, 3.05) is 13.1 Å². The van der Waals surface area contributed by atoms with Crippen molar-refractivity contribution in [3.63, 3.8) is 0 Å². The van der Waals surface area contributed by atoms with E-state index < -0.39 is 11.6 Å². The highest BCUT2D eigenvalue weighted by Crippen LogP contribution is 2.08. The fraction of sp³-hybridized carbons (Fsp3) is 0.500. The van der Waals surface area contributed by atoms with Gasteiger partial charge in [0.15, 0.2) is 0 Å². The molecule has 0 aliphatic carbocycles. The molecule has 0 heterocycles. The standard InChI is InChI=1S/C14H20F2N2O/c1-2-3-11(9-17)14(19)18-5-4-10-6-12(15)8-13(16)7-10/h6-8,11H,2-5,9,17H2,1H3,(H,18,19). The Bertz CT molecular complexity index is 404. The molecule has 0 bridgehead atoms. The lowest BCUT2D eigenvalue weighted by Gasteiger charge is -2.13. The van der Waals surface area contributed by atoms with Crippen LogP contribution in [0.5, 0.6) is 0 Å². The molecule has 0 radical (unpaired) electrons. The van der Waals surface area contributed by atoms with Gasteiger partial charge in [-0.2, -0.15) is 0 Å². The maximum atomic E-state index is 13.0. The third-order valence-electron chi connectivity index (χ3n) is 2.93. The molecule has 3 N–H and O–H groups in total. The minimum Gasteiger partial charge on any atom is -0.355 e. The van der Waals surface area contributed by atoms with Crippen molar-refractivity contribution in [1.82, 2.24) is 5.32 Å². The molecule has 1 aromatic rings. The average molecular weight is 270 g/mol. The molecule has 19 heavy (non-hydrogen) atoms. The summed E-state index contributed by atoms with van der Waals surface area (Å²) >= 11 is 0. The number of carbonyl (C=O) groups excluding carboxylic acids is 1. The third-order valence-corrected chi connectivity index (χ3v) is 2.93. The van der Waals surface area contributed by atoms with E-state index in [0.29, 0.717) is 25.1 Å². The second-order valence-electron chi connectivity index (χ2n) is 4.54. The fourth-order valence-electron chi connectivity index (χ4n) is 1.93. The van der Waals surface area contributed by atoms with Gasteiger partial charge in [0.25, 0.3) is 0 Å². The molecule has 1 unspecified atom stereocenters. The summed E-state index contributed by atoms with van der Waals surface area (Å²) in [6.07, 6.45) is 2.03. The number of hydrogen-bond donors (Lipinski definition) is 2. The molecule has 1 aromatic carbocycles. The molecule has 0 fully saturated rings.